The van der Waals surface area contributed by atoms with Crippen LogP contribution < -0.4 is 10.1 Å². The van der Waals surface area contributed by atoms with Gasteiger partial charge in [-0.3, -0.25) is 9.59 Å². The molecule has 1 N–H and O–H groups in total. The maximum atomic E-state index is 12.1. The largest absolute Gasteiger partial charge is 0.492 e. The fraction of sp³-hybridized carbons (Fsp3) is 0.200. The summed E-state index contributed by atoms with van der Waals surface area (Å²) in [5.74, 6) is 0.434. The van der Waals surface area contributed by atoms with E-state index in [9.17, 15) is 9.59 Å². The van der Waals surface area contributed by atoms with Gasteiger partial charge in [-0.05, 0) is 42.0 Å². The van der Waals surface area contributed by atoms with Gasteiger partial charge in [0.2, 0.25) is 11.8 Å². The predicted octanol–water partition coefficient (Wildman–Crippen LogP) is 3.85. The van der Waals surface area contributed by atoms with Crippen LogP contribution in [-0.2, 0) is 9.59 Å². The van der Waals surface area contributed by atoms with Crippen molar-refractivity contribution in [3.8, 4) is 5.75 Å². The number of nitrogens with zero attached hydrogens (tertiary/aromatic N) is 1. The van der Waals surface area contributed by atoms with Crippen LogP contribution in [0.1, 0.15) is 12.5 Å². The van der Waals surface area contributed by atoms with E-state index in [2.05, 4.69) is 5.32 Å². The molecule has 6 heteroatoms. The maximum Gasteiger partial charge on any atom is 0.246 e. The first kappa shape index (κ1) is 19.5. The van der Waals surface area contributed by atoms with Gasteiger partial charge >= 0.3 is 0 Å². The molecule has 0 unspecified atom stereocenters. The third-order valence-electron chi connectivity index (χ3n) is 3.52. The molecule has 0 saturated carbocycles. The van der Waals surface area contributed by atoms with Crippen LogP contribution in [0, 0.1) is 0 Å². The first-order valence-electron chi connectivity index (χ1n) is 8.13. The molecule has 2 rings (SSSR count). The van der Waals surface area contributed by atoms with E-state index in [1.807, 2.05) is 24.3 Å². The summed E-state index contributed by atoms with van der Waals surface area (Å²) in [4.78, 5) is 24.7. The Balaban J connectivity index is 1.80. The van der Waals surface area contributed by atoms with Gasteiger partial charge < -0.3 is 15.0 Å². The van der Waals surface area contributed by atoms with Crippen LogP contribution in [0.15, 0.2) is 54.6 Å². The van der Waals surface area contributed by atoms with Crippen LogP contribution in [0.5, 0.6) is 5.75 Å². The van der Waals surface area contributed by atoms with E-state index in [1.54, 1.807) is 42.3 Å². The van der Waals surface area contributed by atoms with Crippen LogP contribution >= 0.6 is 11.6 Å². The van der Waals surface area contributed by atoms with Crippen molar-refractivity contribution in [1.82, 2.24) is 4.90 Å². The Kier molecular flexibility index (Phi) is 7.24. The van der Waals surface area contributed by atoms with Gasteiger partial charge in [-0.15, -0.1) is 0 Å². The van der Waals surface area contributed by atoms with E-state index < -0.39 is 0 Å². The van der Waals surface area contributed by atoms with Gasteiger partial charge in [0, 0.05) is 30.8 Å². The second-order valence-electron chi connectivity index (χ2n) is 5.70. The van der Waals surface area contributed by atoms with Gasteiger partial charge in [-0.25, -0.2) is 0 Å². The summed E-state index contributed by atoms with van der Waals surface area (Å²) in [6.45, 7) is 2.29. The van der Waals surface area contributed by atoms with E-state index in [-0.39, 0.29) is 11.8 Å². The predicted molar refractivity (Wildman–Crippen MR) is 104 cm³/mol. The number of likely N-dealkylation sites (N-methyl/N-ethyl adjacent to an activating group) is 1. The Hall–Kier alpha value is -2.79. The van der Waals surface area contributed by atoms with Crippen molar-refractivity contribution in [2.45, 2.75) is 6.92 Å². The van der Waals surface area contributed by atoms with Gasteiger partial charge in [0.05, 0.1) is 6.54 Å². The Morgan fingerprint density at radius 3 is 2.58 bits per heavy atom. The molecular weight excluding hydrogens is 352 g/mol. The molecule has 0 radical (unpaired) electrons. The van der Waals surface area contributed by atoms with Gasteiger partial charge in [-0.1, -0.05) is 29.8 Å². The average molecular weight is 373 g/mol. The van der Waals surface area contributed by atoms with Gasteiger partial charge in [0.1, 0.15) is 12.4 Å². The summed E-state index contributed by atoms with van der Waals surface area (Å²) in [7, 11) is 1.72. The van der Waals surface area contributed by atoms with Crippen LogP contribution in [0.4, 0.5) is 5.69 Å². The molecule has 2 amide bonds. The number of carbonyl (C=O) groups excluding carboxylic acids is 2. The molecule has 136 valence electrons. The van der Waals surface area contributed by atoms with Crippen molar-refractivity contribution in [1.29, 1.82) is 0 Å². The average Bonchev–Trinajstić information content (AvgIpc) is 2.60. The van der Waals surface area contributed by atoms with Crippen LogP contribution in [-0.4, -0.2) is 36.9 Å². The summed E-state index contributed by atoms with van der Waals surface area (Å²) in [5.41, 5.74) is 1.59. The van der Waals surface area contributed by atoms with Crippen molar-refractivity contribution in [3.63, 3.8) is 0 Å². The lowest BCUT2D eigenvalue weighted by Crippen LogP contribution is -2.29. The number of nitrogens with one attached hydrogen (secondary N) is 1. The van der Waals surface area contributed by atoms with Crippen LogP contribution in [0.3, 0.4) is 0 Å². The molecule has 0 aliphatic carbocycles. The molecule has 0 aromatic heterocycles. The number of rotatable bonds is 7. The van der Waals surface area contributed by atoms with Gasteiger partial charge in [0.15, 0.2) is 0 Å². The maximum absolute atomic E-state index is 12.1. The van der Waals surface area contributed by atoms with Crippen LogP contribution in [0.25, 0.3) is 6.08 Å². The van der Waals surface area contributed by atoms with E-state index >= 15 is 0 Å². The fourth-order valence-electron chi connectivity index (χ4n) is 2.14. The molecular formula is C20H21ClN2O3. The lowest BCUT2D eigenvalue weighted by Gasteiger charge is -2.15. The summed E-state index contributed by atoms with van der Waals surface area (Å²) in [6.07, 6.45) is 3.24. The number of carbonyl (C=O) groups is 2. The topological polar surface area (TPSA) is 58.6 Å². The number of hydrogen-bond donors (Lipinski definition) is 1. The summed E-state index contributed by atoms with van der Waals surface area (Å²) in [6, 6.07) is 14.4. The minimum absolute atomic E-state index is 0.120. The summed E-state index contributed by atoms with van der Waals surface area (Å²) < 4.78 is 5.58. The lowest BCUT2D eigenvalue weighted by atomic mass is 10.2. The summed E-state index contributed by atoms with van der Waals surface area (Å²) in [5, 5.41) is 3.31. The fourth-order valence-corrected chi connectivity index (χ4v) is 2.32. The van der Waals surface area contributed by atoms with Crippen molar-refractivity contribution < 1.29 is 14.3 Å². The smallest absolute Gasteiger partial charge is 0.246 e. The highest BCUT2D eigenvalue weighted by Crippen LogP contribution is 2.17. The zero-order valence-electron chi connectivity index (χ0n) is 14.7. The molecule has 2 aromatic rings. The standard InChI is InChI=1S/C20H21ClN2O3/c1-15(24)22-18-9-6-16(7-10-18)8-11-20(25)23(2)12-13-26-19-5-3-4-17(21)14-19/h3-11,14H,12-13H2,1-2H3,(H,22,24)/b11-8+. The van der Waals surface area contributed by atoms with E-state index in [1.165, 1.54) is 13.0 Å². The van der Waals surface area contributed by atoms with Gasteiger partial charge in [-0.2, -0.15) is 0 Å². The zero-order chi connectivity index (χ0) is 18.9. The third kappa shape index (κ3) is 6.61. The molecule has 0 fully saturated rings. The normalized spacial score (nSPS) is 10.6. The first-order chi connectivity index (χ1) is 12.4. The van der Waals surface area contributed by atoms with E-state index in [4.69, 9.17) is 16.3 Å². The quantitative estimate of drug-likeness (QED) is 0.751. The van der Waals surface area contributed by atoms with Crippen molar-refractivity contribution in [2.24, 2.45) is 0 Å². The molecule has 26 heavy (non-hydrogen) atoms. The Labute approximate surface area is 158 Å². The highest BCUT2D eigenvalue weighted by Gasteiger charge is 2.05. The third-order valence-corrected chi connectivity index (χ3v) is 3.75. The van der Waals surface area contributed by atoms with Crippen molar-refractivity contribution in [2.75, 3.05) is 25.5 Å². The molecule has 0 atom stereocenters. The lowest BCUT2D eigenvalue weighted by molar-refractivity contribution is -0.125. The highest BCUT2D eigenvalue weighted by molar-refractivity contribution is 6.30. The minimum Gasteiger partial charge on any atom is -0.492 e. The molecule has 0 saturated heterocycles. The molecule has 0 bridgehead atoms. The zero-order valence-corrected chi connectivity index (χ0v) is 15.5. The van der Waals surface area contributed by atoms with E-state index in [0.29, 0.717) is 23.9 Å². The summed E-state index contributed by atoms with van der Waals surface area (Å²) >= 11 is 5.90. The Morgan fingerprint density at radius 2 is 1.92 bits per heavy atom. The molecule has 0 spiro atoms. The van der Waals surface area contributed by atoms with Crippen LogP contribution in [0.2, 0.25) is 5.02 Å². The van der Waals surface area contributed by atoms with E-state index in [0.717, 1.165) is 11.3 Å². The first-order valence-corrected chi connectivity index (χ1v) is 8.51. The molecule has 2 aromatic carbocycles. The molecule has 0 aliphatic heterocycles. The molecule has 0 heterocycles. The number of anilines is 1. The van der Waals surface area contributed by atoms with Gasteiger partial charge in [0.25, 0.3) is 0 Å². The monoisotopic (exact) mass is 372 g/mol. The number of hydrogen-bond acceptors (Lipinski definition) is 3. The highest BCUT2D eigenvalue weighted by atomic mass is 35.5. The van der Waals surface area contributed by atoms with Crippen molar-refractivity contribution in [3.05, 3.63) is 65.2 Å². The molecule has 0 aliphatic rings. The Morgan fingerprint density at radius 1 is 1.19 bits per heavy atom. The second kappa shape index (κ2) is 9.63. The number of benzene rings is 2. The number of amides is 2. The number of ether oxygens (including phenoxy) is 1. The molecule has 5 nitrogen and oxygen atoms in total. The van der Waals surface area contributed by atoms with Crippen molar-refractivity contribution >= 4 is 35.2 Å². The Bertz CT molecular complexity index is 788. The second-order valence-corrected chi connectivity index (χ2v) is 6.14. The minimum atomic E-state index is -0.120. The number of halogens is 1. The SMILES string of the molecule is CC(=O)Nc1ccc(/C=C/C(=O)N(C)CCOc2cccc(Cl)c2)cc1.